The Morgan fingerprint density at radius 1 is 1.18 bits per heavy atom. The lowest BCUT2D eigenvalue weighted by Gasteiger charge is -2.14. The molecule has 0 N–H and O–H groups in total. The second-order valence-electron chi connectivity index (χ2n) is 4.10. The van der Waals surface area contributed by atoms with Crippen molar-refractivity contribution < 1.29 is 12.6 Å². The molecule has 96 valence electrons. The van der Waals surface area contributed by atoms with E-state index in [0.29, 0.717) is 0 Å². The highest BCUT2D eigenvalue weighted by Gasteiger charge is 2.18. The fourth-order valence-corrected chi connectivity index (χ4v) is 2.98. The average molecular weight is 256 g/mol. The van der Waals surface area contributed by atoms with Gasteiger partial charge in [0.05, 0.1) is 6.10 Å². The van der Waals surface area contributed by atoms with Crippen molar-refractivity contribution in [1.29, 1.82) is 0 Å². The van der Waals surface area contributed by atoms with Crippen LogP contribution in [0.3, 0.4) is 0 Å². The molecule has 17 heavy (non-hydrogen) atoms. The van der Waals surface area contributed by atoms with Crippen LogP contribution in [0.1, 0.15) is 38.7 Å². The van der Waals surface area contributed by atoms with E-state index in [1.807, 2.05) is 32.0 Å². The largest absolute Gasteiger partial charge is 0.271 e. The molecule has 1 aromatic carbocycles. The summed E-state index contributed by atoms with van der Waals surface area (Å²) in [6, 6.07) is 9.11. The zero-order chi connectivity index (χ0) is 12.7. The van der Waals surface area contributed by atoms with Crippen LogP contribution in [-0.4, -0.2) is 14.5 Å². The van der Waals surface area contributed by atoms with Gasteiger partial charge in [0.25, 0.3) is 10.1 Å². The maximum atomic E-state index is 11.8. The van der Waals surface area contributed by atoms with E-state index in [-0.39, 0.29) is 11.9 Å². The first-order valence-corrected chi connectivity index (χ1v) is 7.60. The van der Waals surface area contributed by atoms with Crippen molar-refractivity contribution in [1.82, 2.24) is 0 Å². The van der Waals surface area contributed by atoms with Gasteiger partial charge in [0, 0.05) is 0 Å². The lowest BCUT2D eigenvalue weighted by atomic mass is 10.2. The van der Waals surface area contributed by atoms with Crippen LogP contribution in [0.15, 0.2) is 30.3 Å². The minimum Gasteiger partial charge on any atom is -0.267 e. The van der Waals surface area contributed by atoms with E-state index >= 15 is 0 Å². The van der Waals surface area contributed by atoms with Crippen molar-refractivity contribution in [2.75, 3.05) is 0 Å². The lowest BCUT2D eigenvalue weighted by Crippen LogP contribution is -2.19. The summed E-state index contributed by atoms with van der Waals surface area (Å²) in [6.45, 7) is 3.97. The highest BCUT2D eigenvalue weighted by atomic mass is 32.2. The van der Waals surface area contributed by atoms with Crippen molar-refractivity contribution in [3.63, 3.8) is 0 Å². The molecule has 0 aliphatic heterocycles. The molecule has 0 aromatic heterocycles. The van der Waals surface area contributed by atoms with E-state index in [4.69, 9.17) is 4.18 Å². The van der Waals surface area contributed by atoms with Gasteiger partial charge in [0.15, 0.2) is 0 Å². The van der Waals surface area contributed by atoms with Crippen molar-refractivity contribution in [3.05, 3.63) is 35.9 Å². The van der Waals surface area contributed by atoms with Crippen LogP contribution in [0.4, 0.5) is 0 Å². The summed E-state index contributed by atoms with van der Waals surface area (Å²) in [5.74, 6) is -0.0476. The highest BCUT2D eigenvalue weighted by Crippen LogP contribution is 2.14. The molecule has 0 saturated carbocycles. The Balaban J connectivity index is 2.63. The van der Waals surface area contributed by atoms with Gasteiger partial charge in [-0.2, -0.15) is 8.42 Å². The quantitative estimate of drug-likeness (QED) is 0.704. The molecule has 0 heterocycles. The van der Waals surface area contributed by atoms with Gasteiger partial charge in [0.2, 0.25) is 0 Å². The Bertz CT molecular complexity index is 412. The van der Waals surface area contributed by atoms with Gasteiger partial charge >= 0.3 is 0 Å². The highest BCUT2D eigenvalue weighted by molar-refractivity contribution is 7.85. The van der Waals surface area contributed by atoms with E-state index in [9.17, 15) is 8.42 Å². The topological polar surface area (TPSA) is 43.4 Å². The summed E-state index contributed by atoms with van der Waals surface area (Å²) in [7, 11) is -3.47. The van der Waals surface area contributed by atoms with Gasteiger partial charge < -0.3 is 0 Å². The van der Waals surface area contributed by atoms with Crippen molar-refractivity contribution in [3.8, 4) is 0 Å². The summed E-state index contributed by atoms with van der Waals surface area (Å²) < 4.78 is 28.8. The maximum absolute atomic E-state index is 11.8. The van der Waals surface area contributed by atoms with Gasteiger partial charge in [-0.25, -0.2) is 0 Å². The zero-order valence-electron chi connectivity index (χ0n) is 10.4. The molecule has 1 rings (SSSR count). The SMILES string of the molecule is CCCC(CC)OS(=O)(=O)Cc1ccccc1. The molecule has 4 heteroatoms. The first-order valence-electron chi connectivity index (χ1n) is 6.02. The fourth-order valence-electron chi connectivity index (χ4n) is 1.66. The minimum absolute atomic E-state index is 0.0476. The molecular formula is C13H20O3S. The molecule has 1 aromatic rings. The predicted molar refractivity (Wildman–Crippen MR) is 69.1 cm³/mol. The molecule has 3 nitrogen and oxygen atoms in total. The lowest BCUT2D eigenvalue weighted by molar-refractivity contribution is 0.193. The molecule has 0 saturated heterocycles. The van der Waals surface area contributed by atoms with Crippen molar-refractivity contribution >= 4 is 10.1 Å². The number of rotatable bonds is 7. The molecule has 0 aliphatic rings. The smallest absolute Gasteiger partial charge is 0.267 e. The molecule has 0 aliphatic carbocycles. The Morgan fingerprint density at radius 2 is 1.82 bits per heavy atom. The fraction of sp³-hybridized carbons (Fsp3) is 0.538. The summed E-state index contributed by atoms with van der Waals surface area (Å²) in [5.41, 5.74) is 0.763. The second kappa shape index (κ2) is 6.77. The normalized spacial score (nSPS) is 13.5. The molecule has 0 spiro atoms. The van der Waals surface area contributed by atoms with Crippen LogP contribution in [-0.2, 0) is 20.1 Å². The summed E-state index contributed by atoms with van der Waals surface area (Å²) in [6.07, 6.45) is 2.25. The standard InChI is InChI=1S/C13H20O3S/c1-3-8-13(4-2)16-17(14,15)11-12-9-6-5-7-10-12/h5-7,9-10,13H,3-4,8,11H2,1-2H3. The van der Waals surface area contributed by atoms with Crippen LogP contribution in [0.2, 0.25) is 0 Å². The Morgan fingerprint density at radius 3 is 2.35 bits per heavy atom. The van der Waals surface area contributed by atoms with E-state index in [2.05, 4.69) is 0 Å². The Kier molecular flexibility index (Phi) is 5.65. The van der Waals surface area contributed by atoms with E-state index < -0.39 is 10.1 Å². The van der Waals surface area contributed by atoms with Crippen LogP contribution >= 0.6 is 0 Å². The molecular weight excluding hydrogens is 236 g/mol. The number of hydrogen-bond donors (Lipinski definition) is 0. The van der Waals surface area contributed by atoms with Gasteiger partial charge in [-0.1, -0.05) is 50.6 Å². The molecule has 0 amide bonds. The van der Waals surface area contributed by atoms with E-state index in [1.165, 1.54) is 0 Å². The molecule has 0 fully saturated rings. The van der Waals surface area contributed by atoms with Gasteiger partial charge in [0.1, 0.15) is 5.75 Å². The third kappa shape index (κ3) is 5.33. The molecule has 1 unspecified atom stereocenters. The van der Waals surface area contributed by atoms with Crippen LogP contribution in [0, 0.1) is 0 Å². The van der Waals surface area contributed by atoms with E-state index in [1.54, 1.807) is 12.1 Å². The van der Waals surface area contributed by atoms with E-state index in [0.717, 1.165) is 24.8 Å². The third-order valence-corrected chi connectivity index (χ3v) is 3.79. The maximum Gasteiger partial charge on any atom is 0.271 e. The first kappa shape index (κ1) is 14.2. The molecule has 1 atom stereocenters. The van der Waals surface area contributed by atoms with Gasteiger partial charge in [-0.3, -0.25) is 4.18 Å². The van der Waals surface area contributed by atoms with Crippen LogP contribution in [0.5, 0.6) is 0 Å². The minimum atomic E-state index is -3.47. The van der Waals surface area contributed by atoms with Crippen LogP contribution < -0.4 is 0 Å². The predicted octanol–water partition coefficient (Wildman–Crippen LogP) is 3.11. The van der Waals surface area contributed by atoms with Crippen molar-refractivity contribution in [2.45, 2.75) is 45.0 Å². The summed E-state index contributed by atoms with van der Waals surface area (Å²) in [5, 5.41) is 0. The summed E-state index contributed by atoms with van der Waals surface area (Å²) in [4.78, 5) is 0. The van der Waals surface area contributed by atoms with Crippen molar-refractivity contribution in [2.24, 2.45) is 0 Å². The average Bonchev–Trinajstić information content (AvgIpc) is 2.29. The monoisotopic (exact) mass is 256 g/mol. The van der Waals surface area contributed by atoms with Gasteiger partial charge in [-0.15, -0.1) is 0 Å². The zero-order valence-corrected chi connectivity index (χ0v) is 11.2. The van der Waals surface area contributed by atoms with Crippen LogP contribution in [0.25, 0.3) is 0 Å². The summed E-state index contributed by atoms with van der Waals surface area (Å²) >= 11 is 0. The Hall–Kier alpha value is -0.870. The molecule has 0 bridgehead atoms. The first-order chi connectivity index (χ1) is 8.07. The second-order valence-corrected chi connectivity index (χ2v) is 5.70. The number of hydrogen-bond acceptors (Lipinski definition) is 3. The number of benzene rings is 1. The molecule has 0 radical (unpaired) electrons. The van der Waals surface area contributed by atoms with Gasteiger partial charge in [-0.05, 0) is 18.4 Å². The Labute approximate surface area is 104 Å². The third-order valence-electron chi connectivity index (χ3n) is 2.53.